The molecule has 4 amide bonds. The first-order valence-electron chi connectivity index (χ1n) is 29.1. The zero-order chi connectivity index (χ0) is 62.4. The van der Waals surface area contributed by atoms with Crippen LogP contribution in [0.3, 0.4) is 0 Å². The van der Waals surface area contributed by atoms with Crippen LogP contribution in [0.5, 0.6) is 5.75 Å². The minimum Gasteiger partial charge on any atom is -0.490 e. The number of carbonyl (C=O) groups excluding carboxylic acids is 4. The highest BCUT2D eigenvalue weighted by Crippen LogP contribution is 2.29. The Morgan fingerprint density at radius 2 is 1.36 bits per heavy atom. The molecule has 0 spiro atoms. The largest absolute Gasteiger partial charge is 0.490 e. The third kappa shape index (κ3) is 23.5. The number of anilines is 1. The van der Waals surface area contributed by atoms with Gasteiger partial charge in [0.05, 0.1) is 127 Å². The normalized spacial score (nSPS) is 14.4. The molecule has 0 radical (unpaired) electrons. The first-order valence-corrected chi connectivity index (χ1v) is 29.9. The number of hydrogen-bond acceptors (Lipinski definition) is 21. The summed E-state index contributed by atoms with van der Waals surface area (Å²) in [6.45, 7) is 20.0. The fraction of sp³-hybridized carbons (Fsp3) is 0.525. The van der Waals surface area contributed by atoms with Gasteiger partial charge in [-0.15, -0.1) is 11.3 Å². The minimum absolute atomic E-state index is 0.0639. The summed E-state index contributed by atoms with van der Waals surface area (Å²) in [4.78, 5) is 78.3. The van der Waals surface area contributed by atoms with E-state index < -0.39 is 29.5 Å². The summed E-state index contributed by atoms with van der Waals surface area (Å²) in [5.41, 5.74) is 6.20. The number of benzene rings is 2. The highest BCUT2D eigenvalue weighted by atomic mass is 32.1. The maximum Gasteiger partial charge on any atom is 0.274 e. The van der Waals surface area contributed by atoms with Crippen LogP contribution >= 0.6 is 11.3 Å². The topological polar surface area (TPSA) is 298 Å². The lowest BCUT2D eigenvalue weighted by Gasteiger charge is -2.35. The fourth-order valence-corrected chi connectivity index (χ4v) is 9.28. The number of ether oxygens (including phenoxy) is 9. The van der Waals surface area contributed by atoms with Gasteiger partial charge in [0.25, 0.3) is 11.5 Å². The zero-order valence-corrected chi connectivity index (χ0v) is 51.6. The van der Waals surface area contributed by atoms with E-state index in [-0.39, 0.29) is 54.3 Å². The quantitative estimate of drug-likeness (QED) is 0.0358. The molecular formula is C61H83N9O16S. The molecule has 1 fully saturated rings. The molecule has 3 atom stereocenters. The van der Waals surface area contributed by atoms with Crippen molar-refractivity contribution in [2.45, 2.75) is 79.1 Å². The van der Waals surface area contributed by atoms with Crippen LogP contribution in [0.2, 0.25) is 0 Å². The van der Waals surface area contributed by atoms with Gasteiger partial charge in [-0.1, -0.05) is 52.0 Å². The minimum atomic E-state index is -0.789. The van der Waals surface area contributed by atoms with Crippen LogP contribution in [0.1, 0.15) is 69.2 Å². The number of fused-ring (bicyclic) bond motifs is 1. The monoisotopic (exact) mass is 1230 g/mol. The summed E-state index contributed by atoms with van der Waals surface area (Å²) in [5.74, 6) is -0.524. The number of nitrogens with zero attached hydrogens (tertiary/aromatic N) is 6. The predicted octanol–water partition coefficient (Wildman–Crippen LogP) is 5.40. The van der Waals surface area contributed by atoms with Gasteiger partial charge in [0.1, 0.15) is 41.3 Å². The molecule has 0 saturated carbocycles. The van der Waals surface area contributed by atoms with Crippen LogP contribution in [0.25, 0.3) is 33.1 Å². The zero-order valence-electron chi connectivity index (χ0n) is 50.7. The first kappa shape index (κ1) is 69.0. The van der Waals surface area contributed by atoms with Gasteiger partial charge in [0.15, 0.2) is 5.58 Å². The van der Waals surface area contributed by atoms with E-state index in [1.807, 2.05) is 64.4 Å². The van der Waals surface area contributed by atoms with E-state index in [1.165, 1.54) is 21.8 Å². The van der Waals surface area contributed by atoms with Gasteiger partial charge in [0.2, 0.25) is 23.6 Å². The number of β-amino-alcohol motifs (C(OH)–C–C–N with tert-alkyl or cyclic N) is 1. The number of aliphatic hydroxyl groups excluding tert-OH is 1. The molecule has 25 nitrogen and oxygen atoms in total. The van der Waals surface area contributed by atoms with E-state index in [0.29, 0.717) is 147 Å². The van der Waals surface area contributed by atoms with Crippen LogP contribution < -0.4 is 26.2 Å². The number of likely N-dealkylation sites (tertiary alicyclic amines) is 1. The number of rotatable bonds is 36. The van der Waals surface area contributed by atoms with Crippen molar-refractivity contribution in [2.75, 3.05) is 124 Å². The van der Waals surface area contributed by atoms with Crippen LogP contribution in [-0.2, 0) is 65.9 Å². The molecule has 4 N–H and O–H groups in total. The van der Waals surface area contributed by atoms with Crippen molar-refractivity contribution in [3.05, 3.63) is 106 Å². The SMILES string of the molecule is CCC(=O)N[C@H](C(=O)N1C[C@H](O)C[C@H]1C(=O)NCc1ccc(-c2scnc2C)cc1)C(C)(C)C.CCOCCOCCOCCOCCOCCOCCOCCOCCOc1ccc(C(=O)Nc2ccc3oc(-c4ccc(=O)n(C)n4)nc3c2)nc1. The maximum atomic E-state index is 13.4. The van der Waals surface area contributed by atoms with Gasteiger partial charge < -0.3 is 73.0 Å². The molecule has 0 aliphatic carbocycles. The second kappa shape index (κ2) is 36.9. The van der Waals surface area contributed by atoms with Crippen LogP contribution in [0, 0.1) is 12.3 Å². The van der Waals surface area contributed by atoms with E-state index >= 15 is 0 Å². The summed E-state index contributed by atoms with van der Waals surface area (Å²) < 4.78 is 56.1. The lowest BCUT2D eigenvalue weighted by atomic mass is 9.85. The van der Waals surface area contributed by atoms with Gasteiger partial charge in [0, 0.05) is 51.3 Å². The molecule has 87 heavy (non-hydrogen) atoms. The second-order valence-corrected chi connectivity index (χ2v) is 21.7. The molecule has 2 aromatic carbocycles. The molecule has 474 valence electrons. The van der Waals surface area contributed by atoms with E-state index in [4.69, 9.17) is 47.0 Å². The summed E-state index contributed by atoms with van der Waals surface area (Å²) in [7, 11) is 1.55. The second-order valence-electron chi connectivity index (χ2n) is 20.8. The summed E-state index contributed by atoms with van der Waals surface area (Å²) in [6.07, 6.45) is 1.12. The number of hydrogen-bond donors (Lipinski definition) is 4. The summed E-state index contributed by atoms with van der Waals surface area (Å²) in [5, 5.41) is 22.9. The standard InChI is InChI=1S/C36H49N5O12.C25H34N4O4S/c1-3-44-10-11-45-12-13-46-14-15-47-16-17-48-18-19-49-20-21-50-22-23-51-24-25-52-29-5-6-30(37-27-29)35(43)38-28-4-8-33-32(26-28)39-36(53-33)31-7-9-34(42)41(2)40-31;1-6-20(31)28-22(25(3,4)5)24(33)29-13-18(30)11-19(29)23(32)26-12-16-7-9-17(10-8-16)21-15(2)27-14-34-21/h4-9,26-27H,3,10-25H2,1-2H3,(H,38,43);7-10,14,18-19,22,30H,6,11-13H2,1-5H3,(H,26,32)(H,28,31)/t;18-,19+,22-/m.1/s1. The lowest BCUT2D eigenvalue weighted by Crippen LogP contribution is -2.57. The Labute approximate surface area is 510 Å². The molecule has 4 aromatic heterocycles. The van der Waals surface area contributed by atoms with Crippen molar-refractivity contribution in [1.29, 1.82) is 0 Å². The molecule has 1 aliphatic rings. The van der Waals surface area contributed by atoms with Gasteiger partial charge in [-0.05, 0) is 66.8 Å². The Morgan fingerprint density at radius 1 is 0.759 bits per heavy atom. The summed E-state index contributed by atoms with van der Waals surface area (Å²) in [6, 6.07) is 17.6. The van der Waals surface area contributed by atoms with E-state index in [0.717, 1.165) is 21.7 Å². The Balaban J connectivity index is 0.000000306. The average Bonchev–Trinajstić information content (AvgIpc) is 2.04. The number of amides is 4. The van der Waals surface area contributed by atoms with Crippen molar-refractivity contribution in [1.82, 2.24) is 40.3 Å². The van der Waals surface area contributed by atoms with E-state index in [9.17, 15) is 29.1 Å². The summed E-state index contributed by atoms with van der Waals surface area (Å²) >= 11 is 1.59. The number of thiazole rings is 1. The Morgan fingerprint density at radius 3 is 1.89 bits per heavy atom. The average molecular weight is 1230 g/mol. The van der Waals surface area contributed by atoms with Crippen LogP contribution in [-0.4, -0.2) is 195 Å². The molecule has 1 saturated heterocycles. The molecule has 5 heterocycles. The van der Waals surface area contributed by atoms with Crippen molar-refractivity contribution >= 4 is 51.8 Å². The smallest absolute Gasteiger partial charge is 0.274 e. The number of oxazole rings is 1. The third-order valence-corrected chi connectivity index (χ3v) is 14.1. The van der Waals surface area contributed by atoms with E-state index in [1.54, 1.807) is 61.7 Å². The molecule has 26 heteroatoms. The molecule has 1 aliphatic heterocycles. The number of nitrogens with one attached hydrogen (secondary N) is 3. The Kier molecular flexibility index (Phi) is 29.3. The highest BCUT2D eigenvalue weighted by Gasteiger charge is 2.44. The predicted molar refractivity (Wildman–Crippen MR) is 324 cm³/mol. The Bertz CT molecular complexity index is 3100. The molecule has 0 unspecified atom stereocenters. The third-order valence-electron chi connectivity index (χ3n) is 13.1. The molecule has 7 rings (SSSR count). The van der Waals surface area contributed by atoms with Gasteiger partial charge in [-0.2, -0.15) is 5.10 Å². The maximum absolute atomic E-state index is 13.4. The van der Waals surface area contributed by atoms with Gasteiger partial charge >= 0.3 is 0 Å². The van der Waals surface area contributed by atoms with Crippen molar-refractivity contribution in [3.63, 3.8) is 0 Å². The first-order chi connectivity index (χ1) is 42.0. The number of aromatic nitrogens is 5. The Hall–Kier alpha value is -7.11. The number of aliphatic hydroxyl groups is 1. The molecule has 0 bridgehead atoms. The number of carbonyl (C=O) groups is 4. The molecular weight excluding hydrogens is 1150 g/mol. The lowest BCUT2D eigenvalue weighted by molar-refractivity contribution is -0.144. The van der Waals surface area contributed by atoms with Crippen molar-refractivity contribution in [3.8, 4) is 27.8 Å². The fourth-order valence-electron chi connectivity index (χ4n) is 8.47. The van der Waals surface area contributed by atoms with Gasteiger partial charge in [-0.25, -0.2) is 19.6 Å². The number of aryl methyl sites for hydroxylation is 2. The van der Waals surface area contributed by atoms with Crippen LogP contribution in [0.15, 0.2) is 87.6 Å². The number of pyridine rings is 1. The van der Waals surface area contributed by atoms with Gasteiger partial charge in [-0.3, -0.25) is 24.0 Å². The molecule has 6 aromatic rings. The highest BCUT2D eigenvalue weighted by molar-refractivity contribution is 7.13. The van der Waals surface area contributed by atoms with Crippen molar-refractivity contribution in [2.24, 2.45) is 12.5 Å². The van der Waals surface area contributed by atoms with E-state index in [2.05, 4.69) is 36.0 Å². The van der Waals surface area contributed by atoms with Crippen molar-refractivity contribution < 1.29 is 71.3 Å². The van der Waals surface area contributed by atoms with Crippen LogP contribution in [0.4, 0.5) is 5.69 Å².